The number of aryl methyl sites for hydroxylation is 1. The van der Waals surface area contributed by atoms with Crippen molar-refractivity contribution in [1.29, 1.82) is 0 Å². The molecule has 0 radical (unpaired) electrons. The molecule has 14 heteroatoms. The molecule has 0 bridgehead atoms. The van der Waals surface area contributed by atoms with Crippen LogP contribution in [0.3, 0.4) is 0 Å². The van der Waals surface area contributed by atoms with Crippen molar-refractivity contribution in [3.8, 4) is 5.75 Å². The van der Waals surface area contributed by atoms with Crippen molar-refractivity contribution < 1.29 is 32.4 Å². The number of imide groups is 1. The highest BCUT2D eigenvalue weighted by Crippen LogP contribution is 2.55. The number of anilines is 1. The number of hydrogen-bond donors (Lipinski definition) is 1. The predicted molar refractivity (Wildman–Crippen MR) is 152 cm³/mol. The Morgan fingerprint density at radius 3 is 2.44 bits per heavy atom. The highest BCUT2D eigenvalue weighted by atomic mass is 32.2. The molecule has 1 fully saturated rings. The van der Waals surface area contributed by atoms with Crippen LogP contribution in [0.5, 0.6) is 5.75 Å². The van der Waals surface area contributed by atoms with Crippen LogP contribution >= 0.6 is 23.1 Å². The lowest BCUT2D eigenvalue weighted by atomic mass is 9.82. The lowest BCUT2D eigenvalue weighted by Gasteiger charge is -2.30. The molecular weight excluding hydrogens is 607 g/mol. The SMILES string of the molecule is Cc1ccc(COc2ccc([N+](=O)[O-])cc2C2c3sc(=O)[nH]c3SC3C(=O)N(c4ccccc4C(F)(F)F)C(=O)C32)cc1. The minimum atomic E-state index is -4.85. The van der Waals surface area contributed by atoms with E-state index in [2.05, 4.69) is 4.98 Å². The molecular formula is C29H20F3N3O6S2. The average molecular weight is 628 g/mol. The molecule has 43 heavy (non-hydrogen) atoms. The van der Waals surface area contributed by atoms with Gasteiger partial charge in [-0.1, -0.05) is 65.1 Å². The molecule has 3 atom stereocenters. The van der Waals surface area contributed by atoms with E-state index < -0.39 is 56.1 Å². The molecule has 1 N–H and O–H groups in total. The van der Waals surface area contributed by atoms with Gasteiger partial charge in [-0.15, -0.1) is 0 Å². The summed E-state index contributed by atoms with van der Waals surface area (Å²) in [6.45, 7) is 1.99. The summed E-state index contributed by atoms with van der Waals surface area (Å²) < 4.78 is 47.9. The summed E-state index contributed by atoms with van der Waals surface area (Å²) in [7, 11) is 0. The highest BCUT2D eigenvalue weighted by Gasteiger charge is 2.58. The van der Waals surface area contributed by atoms with Crippen LogP contribution in [-0.4, -0.2) is 27.0 Å². The third-order valence-corrected chi connectivity index (χ3v) is 9.73. The highest BCUT2D eigenvalue weighted by molar-refractivity contribution is 8.00. The molecule has 1 aromatic heterocycles. The normalized spacial score (nSPS) is 19.7. The van der Waals surface area contributed by atoms with Crippen LogP contribution in [0, 0.1) is 23.0 Å². The third kappa shape index (κ3) is 5.10. The van der Waals surface area contributed by atoms with Gasteiger partial charge in [-0.3, -0.25) is 24.5 Å². The van der Waals surface area contributed by atoms with Crippen LogP contribution in [-0.2, 0) is 22.4 Å². The van der Waals surface area contributed by atoms with E-state index in [9.17, 15) is 37.7 Å². The number of aromatic amines is 1. The van der Waals surface area contributed by atoms with Crippen molar-refractivity contribution in [3.63, 3.8) is 0 Å². The molecule has 0 spiro atoms. The molecule has 1 saturated heterocycles. The number of benzene rings is 3. The number of nitro benzene ring substituents is 1. The number of hydrogen-bond acceptors (Lipinski definition) is 8. The first-order chi connectivity index (χ1) is 20.4. The third-order valence-electron chi connectivity index (χ3n) is 7.33. The number of thioether (sulfide) groups is 1. The maximum absolute atomic E-state index is 14.0. The van der Waals surface area contributed by atoms with Crippen molar-refractivity contribution in [1.82, 2.24) is 4.98 Å². The van der Waals surface area contributed by atoms with E-state index in [4.69, 9.17) is 4.74 Å². The monoisotopic (exact) mass is 627 g/mol. The molecule has 6 rings (SSSR count). The summed E-state index contributed by atoms with van der Waals surface area (Å²) in [4.78, 5) is 54.4. The first-order valence-electron chi connectivity index (χ1n) is 12.8. The summed E-state index contributed by atoms with van der Waals surface area (Å²) in [5, 5.41) is 10.9. The molecule has 220 valence electrons. The van der Waals surface area contributed by atoms with E-state index in [1.807, 2.05) is 31.2 Å². The second-order valence-electron chi connectivity index (χ2n) is 10.0. The van der Waals surface area contributed by atoms with Gasteiger partial charge >= 0.3 is 11.0 Å². The minimum Gasteiger partial charge on any atom is -0.489 e. The fourth-order valence-electron chi connectivity index (χ4n) is 5.37. The quantitative estimate of drug-likeness (QED) is 0.157. The smallest absolute Gasteiger partial charge is 0.418 e. The second kappa shape index (κ2) is 10.7. The molecule has 2 aliphatic heterocycles. The first kappa shape index (κ1) is 28.7. The lowest BCUT2D eigenvalue weighted by Crippen LogP contribution is -2.33. The fraction of sp³-hybridized carbons (Fsp3) is 0.207. The summed E-state index contributed by atoms with van der Waals surface area (Å²) in [6.07, 6.45) is -4.85. The molecule has 4 aromatic rings. The lowest BCUT2D eigenvalue weighted by molar-refractivity contribution is -0.385. The Bertz CT molecular complexity index is 1840. The largest absolute Gasteiger partial charge is 0.489 e. The van der Waals surface area contributed by atoms with Crippen LogP contribution in [0.2, 0.25) is 0 Å². The zero-order valence-corrected chi connectivity index (χ0v) is 23.7. The number of ether oxygens (including phenoxy) is 1. The number of halogens is 3. The van der Waals surface area contributed by atoms with E-state index in [0.29, 0.717) is 9.78 Å². The van der Waals surface area contributed by atoms with Gasteiger partial charge in [-0.05, 0) is 30.7 Å². The van der Waals surface area contributed by atoms with Gasteiger partial charge in [0, 0.05) is 28.5 Å². The predicted octanol–water partition coefficient (Wildman–Crippen LogP) is 6.05. The maximum Gasteiger partial charge on any atom is 0.418 e. The van der Waals surface area contributed by atoms with E-state index >= 15 is 0 Å². The van der Waals surface area contributed by atoms with Gasteiger partial charge in [0.15, 0.2) is 0 Å². The summed E-state index contributed by atoms with van der Waals surface area (Å²) in [5.74, 6) is -4.00. The molecule has 2 amide bonds. The van der Waals surface area contributed by atoms with Gasteiger partial charge < -0.3 is 9.72 Å². The van der Waals surface area contributed by atoms with E-state index in [1.165, 1.54) is 24.3 Å². The fourth-order valence-corrected chi connectivity index (χ4v) is 7.87. The number of nitrogens with one attached hydrogen (secondary N) is 1. The van der Waals surface area contributed by atoms with Gasteiger partial charge in [-0.2, -0.15) is 13.2 Å². The Hall–Kier alpha value is -4.43. The number of alkyl halides is 3. The van der Waals surface area contributed by atoms with Crippen LogP contribution in [0.15, 0.2) is 76.6 Å². The number of carbonyl (C=O) groups excluding carboxylic acids is 2. The Morgan fingerprint density at radius 1 is 1.02 bits per heavy atom. The zero-order chi connectivity index (χ0) is 30.6. The topological polar surface area (TPSA) is 123 Å². The Kier molecular flexibility index (Phi) is 7.13. The molecule has 3 aromatic carbocycles. The molecule has 0 aliphatic carbocycles. The Morgan fingerprint density at radius 2 is 1.74 bits per heavy atom. The van der Waals surface area contributed by atoms with Crippen LogP contribution < -0.4 is 14.5 Å². The van der Waals surface area contributed by atoms with Gasteiger partial charge in [0.05, 0.1) is 27.1 Å². The van der Waals surface area contributed by atoms with Gasteiger partial charge in [0.1, 0.15) is 17.6 Å². The number of rotatable bonds is 6. The number of amides is 2. The summed E-state index contributed by atoms with van der Waals surface area (Å²) in [5.41, 5.74) is -0.0984. The van der Waals surface area contributed by atoms with Crippen molar-refractivity contribution in [2.45, 2.75) is 35.9 Å². The number of aromatic nitrogens is 1. The van der Waals surface area contributed by atoms with Crippen LogP contribution in [0.25, 0.3) is 0 Å². The number of fused-ring (bicyclic) bond motifs is 2. The maximum atomic E-state index is 14.0. The molecule has 3 unspecified atom stereocenters. The zero-order valence-electron chi connectivity index (χ0n) is 22.1. The number of para-hydroxylation sites is 1. The van der Waals surface area contributed by atoms with Crippen LogP contribution in [0.1, 0.15) is 33.0 Å². The van der Waals surface area contributed by atoms with E-state index in [0.717, 1.165) is 52.4 Å². The van der Waals surface area contributed by atoms with Gasteiger partial charge in [0.2, 0.25) is 11.8 Å². The number of nitrogens with zero attached hydrogens (tertiary/aromatic N) is 2. The Labute approximate surface area is 249 Å². The number of thiazole rings is 1. The molecule has 2 aliphatic rings. The minimum absolute atomic E-state index is 0.0643. The average Bonchev–Trinajstić information content (AvgIpc) is 3.46. The second-order valence-corrected chi connectivity index (χ2v) is 12.2. The number of H-pyrrole nitrogens is 1. The summed E-state index contributed by atoms with van der Waals surface area (Å²) >= 11 is 1.65. The van der Waals surface area contributed by atoms with Crippen molar-refractivity contribution in [2.75, 3.05) is 4.90 Å². The van der Waals surface area contributed by atoms with Gasteiger partial charge in [0.25, 0.3) is 5.69 Å². The van der Waals surface area contributed by atoms with Gasteiger partial charge in [-0.25, -0.2) is 4.90 Å². The van der Waals surface area contributed by atoms with E-state index in [1.54, 1.807) is 0 Å². The standard InChI is InChI=1S/C29H20F3N3O6S2/c1-14-6-8-15(9-7-14)13-41-20-11-10-16(35(39)40)12-17(20)21-22-24(42-25-23(21)43-28(38)33-25)27(37)34(26(22)36)19-5-3-2-4-18(19)29(30,31)32/h2-12,21-22,24H,13H2,1H3,(H,33,38). The molecule has 0 saturated carbocycles. The number of nitro groups is 1. The van der Waals surface area contributed by atoms with Crippen LogP contribution in [0.4, 0.5) is 24.5 Å². The molecule has 9 nitrogen and oxygen atoms in total. The molecule has 3 heterocycles. The number of non-ortho nitro benzene ring substituents is 1. The first-order valence-corrected chi connectivity index (χ1v) is 14.5. The van der Waals surface area contributed by atoms with Crippen molar-refractivity contribution in [2.24, 2.45) is 5.92 Å². The van der Waals surface area contributed by atoms with Crippen molar-refractivity contribution in [3.05, 3.63) is 114 Å². The number of carbonyl (C=O) groups is 2. The van der Waals surface area contributed by atoms with Crippen molar-refractivity contribution >= 4 is 46.3 Å². The van der Waals surface area contributed by atoms with E-state index in [-0.39, 0.29) is 28.6 Å². The Balaban J connectivity index is 1.49. The summed E-state index contributed by atoms with van der Waals surface area (Å²) in [6, 6.07) is 15.6.